The van der Waals surface area contributed by atoms with Crippen molar-refractivity contribution in [1.29, 1.82) is 0 Å². The van der Waals surface area contributed by atoms with Gasteiger partial charge in [-0.1, -0.05) is 12.1 Å². The van der Waals surface area contributed by atoms with Crippen LogP contribution in [0.25, 0.3) is 0 Å². The first-order chi connectivity index (χ1) is 9.77. The van der Waals surface area contributed by atoms with Crippen molar-refractivity contribution in [2.45, 2.75) is 11.8 Å². The van der Waals surface area contributed by atoms with Gasteiger partial charge < -0.3 is 0 Å². The third kappa shape index (κ3) is 3.54. The summed E-state index contributed by atoms with van der Waals surface area (Å²) in [5, 5.41) is 2.38. The molecule has 0 radical (unpaired) electrons. The number of sulfone groups is 1. The molecule has 0 unspecified atom stereocenters. The highest BCUT2D eigenvalue weighted by atomic mass is 32.2. The summed E-state index contributed by atoms with van der Waals surface area (Å²) < 4.78 is 23.3. The third-order valence-electron chi connectivity index (χ3n) is 2.63. The topological polar surface area (TPSA) is 109 Å². The SMILES string of the molecule is Cc1cc(=O)[nH]c(NC(=O)c2ccccc2S(C)(=O)=O)n1. The lowest BCUT2D eigenvalue weighted by atomic mass is 10.2. The van der Waals surface area contributed by atoms with E-state index in [0.29, 0.717) is 5.69 Å². The second-order valence-electron chi connectivity index (χ2n) is 4.46. The van der Waals surface area contributed by atoms with Crippen molar-refractivity contribution in [3.05, 3.63) is 51.9 Å². The van der Waals surface area contributed by atoms with E-state index in [1.165, 1.54) is 24.3 Å². The molecule has 1 aromatic carbocycles. The molecule has 0 aliphatic rings. The van der Waals surface area contributed by atoms with Gasteiger partial charge in [-0.05, 0) is 19.1 Å². The fourth-order valence-corrected chi connectivity index (χ4v) is 2.68. The second kappa shape index (κ2) is 5.49. The number of H-pyrrole nitrogens is 1. The largest absolute Gasteiger partial charge is 0.292 e. The molecular weight excluding hydrogens is 294 g/mol. The fraction of sp³-hybridized carbons (Fsp3) is 0.154. The Labute approximate surface area is 121 Å². The van der Waals surface area contributed by atoms with Crippen molar-refractivity contribution in [1.82, 2.24) is 9.97 Å². The van der Waals surface area contributed by atoms with Crippen molar-refractivity contribution in [3.8, 4) is 0 Å². The van der Waals surface area contributed by atoms with Gasteiger partial charge in [0.05, 0.1) is 10.5 Å². The number of anilines is 1. The summed E-state index contributed by atoms with van der Waals surface area (Å²) in [6.07, 6.45) is 1.02. The standard InChI is InChI=1S/C13H13N3O4S/c1-8-7-11(17)15-13(14-8)16-12(18)9-5-3-4-6-10(9)21(2,19)20/h3-7H,1-2H3,(H2,14,15,16,17,18). The van der Waals surface area contributed by atoms with Crippen molar-refractivity contribution in [2.75, 3.05) is 11.6 Å². The average molecular weight is 307 g/mol. The van der Waals surface area contributed by atoms with Crippen molar-refractivity contribution < 1.29 is 13.2 Å². The van der Waals surface area contributed by atoms with E-state index in [9.17, 15) is 18.0 Å². The predicted molar refractivity (Wildman–Crippen MR) is 77.1 cm³/mol. The van der Waals surface area contributed by atoms with Crippen LogP contribution in [0.4, 0.5) is 5.95 Å². The maximum atomic E-state index is 12.2. The van der Waals surface area contributed by atoms with Gasteiger partial charge in [0.2, 0.25) is 5.95 Å². The van der Waals surface area contributed by atoms with Gasteiger partial charge in [0.1, 0.15) is 0 Å². The molecule has 1 heterocycles. The molecule has 0 aliphatic carbocycles. The predicted octanol–water partition coefficient (Wildman–Crippen LogP) is 0.734. The van der Waals surface area contributed by atoms with Crippen LogP contribution >= 0.6 is 0 Å². The van der Waals surface area contributed by atoms with Crippen LogP contribution in [0.3, 0.4) is 0 Å². The molecule has 0 bridgehead atoms. The Morgan fingerprint density at radius 3 is 2.57 bits per heavy atom. The lowest BCUT2D eigenvalue weighted by molar-refractivity contribution is 0.102. The van der Waals surface area contributed by atoms with Gasteiger partial charge >= 0.3 is 0 Å². The molecule has 1 aromatic heterocycles. The first-order valence-corrected chi connectivity index (χ1v) is 7.85. The molecule has 7 nitrogen and oxygen atoms in total. The van der Waals surface area contributed by atoms with Crippen LogP contribution < -0.4 is 10.9 Å². The normalized spacial score (nSPS) is 11.1. The summed E-state index contributed by atoms with van der Waals surface area (Å²) in [7, 11) is -3.54. The highest BCUT2D eigenvalue weighted by Gasteiger charge is 2.18. The van der Waals surface area contributed by atoms with Crippen LogP contribution in [0.2, 0.25) is 0 Å². The van der Waals surface area contributed by atoms with Gasteiger partial charge in [-0.3, -0.25) is 19.9 Å². The minimum atomic E-state index is -3.54. The zero-order valence-corrected chi connectivity index (χ0v) is 12.2. The fourth-order valence-electron chi connectivity index (χ4n) is 1.79. The number of hydrogen-bond acceptors (Lipinski definition) is 5. The van der Waals surface area contributed by atoms with Gasteiger partial charge in [0.25, 0.3) is 11.5 Å². The Kier molecular flexibility index (Phi) is 3.90. The number of aromatic nitrogens is 2. The average Bonchev–Trinajstić information content (AvgIpc) is 2.36. The maximum Gasteiger partial charge on any atom is 0.259 e. The Bertz CT molecular complexity index is 856. The van der Waals surface area contributed by atoms with E-state index < -0.39 is 21.3 Å². The number of nitrogens with one attached hydrogen (secondary N) is 2. The second-order valence-corrected chi connectivity index (χ2v) is 6.44. The van der Waals surface area contributed by atoms with E-state index in [1.54, 1.807) is 13.0 Å². The molecule has 2 aromatic rings. The van der Waals surface area contributed by atoms with E-state index >= 15 is 0 Å². The van der Waals surface area contributed by atoms with Crippen LogP contribution in [0.15, 0.2) is 40.0 Å². The van der Waals surface area contributed by atoms with Crippen molar-refractivity contribution in [3.63, 3.8) is 0 Å². The van der Waals surface area contributed by atoms with Gasteiger partial charge in [-0.2, -0.15) is 0 Å². The molecule has 21 heavy (non-hydrogen) atoms. The number of rotatable bonds is 3. The number of amides is 1. The van der Waals surface area contributed by atoms with E-state index in [0.717, 1.165) is 6.26 Å². The lowest BCUT2D eigenvalue weighted by Gasteiger charge is -2.08. The molecule has 110 valence electrons. The van der Waals surface area contributed by atoms with Gasteiger partial charge in [0, 0.05) is 18.0 Å². The number of carbonyl (C=O) groups is 1. The molecule has 0 saturated carbocycles. The minimum absolute atomic E-state index is 0.0100. The summed E-state index contributed by atoms with van der Waals surface area (Å²) in [5.74, 6) is -0.696. The molecule has 0 atom stereocenters. The highest BCUT2D eigenvalue weighted by Crippen LogP contribution is 2.16. The molecule has 1 amide bonds. The third-order valence-corrected chi connectivity index (χ3v) is 3.79. The van der Waals surface area contributed by atoms with E-state index in [1.807, 2.05) is 0 Å². The summed E-state index contributed by atoms with van der Waals surface area (Å²) in [5.41, 5.74) is 0.0174. The zero-order valence-electron chi connectivity index (χ0n) is 11.4. The Balaban J connectivity index is 2.40. The first-order valence-electron chi connectivity index (χ1n) is 5.96. The van der Waals surface area contributed by atoms with Crippen LogP contribution in [-0.4, -0.2) is 30.5 Å². The molecule has 0 spiro atoms. The van der Waals surface area contributed by atoms with Gasteiger partial charge in [-0.15, -0.1) is 0 Å². The number of nitrogens with zero attached hydrogens (tertiary/aromatic N) is 1. The van der Waals surface area contributed by atoms with E-state index in [2.05, 4.69) is 15.3 Å². The summed E-state index contributed by atoms with van der Waals surface area (Å²) >= 11 is 0. The highest BCUT2D eigenvalue weighted by molar-refractivity contribution is 7.90. The number of carbonyl (C=O) groups excluding carboxylic acids is 1. The monoisotopic (exact) mass is 307 g/mol. The number of aryl methyl sites for hydroxylation is 1. The van der Waals surface area contributed by atoms with Crippen LogP contribution in [0.1, 0.15) is 16.1 Å². The lowest BCUT2D eigenvalue weighted by Crippen LogP contribution is -2.20. The molecule has 0 saturated heterocycles. The van der Waals surface area contributed by atoms with Crippen LogP contribution in [-0.2, 0) is 9.84 Å². The van der Waals surface area contributed by atoms with Crippen molar-refractivity contribution in [2.24, 2.45) is 0 Å². The number of benzene rings is 1. The molecule has 0 fully saturated rings. The van der Waals surface area contributed by atoms with Gasteiger partial charge in [0.15, 0.2) is 9.84 Å². The maximum absolute atomic E-state index is 12.2. The molecule has 2 N–H and O–H groups in total. The first kappa shape index (κ1) is 14.9. The smallest absolute Gasteiger partial charge is 0.259 e. The van der Waals surface area contributed by atoms with E-state index in [-0.39, 0.29) is 16.4 Å². The van der Waals surface area contributed by atoms with Gasteiger partial charge in [-0.25, -0.2) is 13.4 Å². The molecule has 8 heteroatoms. The molecular formula is C13H13N3O4S. The minimum Gasteiger partial charge on any atom is -0.292 e. The number of hydrogen-bond donors (Lipinski definition) is 2. The summed E-state index contributed by atoms with van der Waals surface area (Å²) in [6.45, 7) is 1.61. The van der Waals surface area contributed by atoms with Crippen LogP contribution in [0.5, 0.6) is 0 Å². The molecule has 0 aliphatic heterocycles. The Hall–Kier alpha value is -2.48. The number of aromatic amines is 1. The Morgan fingerprint density at radius 2 is 1.95 bits per heavy atom. The zero-order chi connectivity index (χ0) is 15.6. The summed E-state index contributed by atoms with van der Waals surface area (Å²) in [6, 6.07) is 7.09. The van der Waals surface area contributed by atoms with E-state index in [4.69, 9.17) is 0 Å². The summed E-state index contributed by atoms with van der Waals surface area (Å²) in [4.78, 5) is 29.7. The molecule has 2 rings (SSSR count). The van der Waals surface area contributed by atoms with Crippen molar-refractivity contribution >= 4 is 21.7 Å². The Morgan fingerprint density at radius 1 is 1.29 bits per heavy atom. The van der Waals surface area contributed by atoms with Crippen LogP contribution in [0, 0.1) is 6.92 Å². The quantitative estimate of drug-likeness (QED) is 0.869.